The summed E-state index contributed by atoms with van der Waals surface area (Å²) in [6, 6.07) is 5.23. The summed E-state index contributed by atoms with van der Waals surface area (Å²) in [4.78, 5) is 6.17. The number of benzene rings is 1. The van der Waals surface area contributed by atoms with Crippen LogP contribution in [-0.4, -0.2) is 46.3 Å². The van der Waals surface area contributed by atoms with Gasteiger partial charge >= 0.3 is 6.18 Å². The van der Waals surface area contributed by atoms with Gasteiger partial charge in [0.15, 0.2) is 5.96 Å². The predicted octanol–water partition coefficient (Wildman–Crippen LogP) is 4.28. The van der Waals surface area contributed by atoms with Crippen molar-refractivity contribution in [2.45, 2.75) is 57.8 Å². The average Bonchev–Trinajstić information content (AvgIpc) is 2.93. The van der Waals surface area contributed by atoms with Crippen molar-refractivity contribution in [3.05, 3.63) is 47.0 Å². The fraction of sp³-hybridized carbons (Fsp3) is 0.571. The number of aliphatic imine (C=N–C) groups is 1. The van der Waals surface area contributed by atoms with E-state index >= 15 is 0 Å². The number of nitrogens with one attached hydrogen (secondary N) is 1. The largest absolute Gasteiger partial charge is 0.416 e. The Balaban J connectivity index is 0.00000341. The lowest BCUT2D eigenvalue weighted by Crippen LogP contribution is -2.39. The van der Waals surface area contributed by atoms with Crippen LogP contribution < -0.4 is 5.32 Å². The van der Waals surface area contributed by atoms with E-state index in [9.17, 15) is 13.2 Å². The molecule has 2 aromatic rings. The van der Waals surface area contributed by atoms with Crippen molar-refractivity contribution in [3.8, 4) is 0 Å². The highest BCUT2D eigenvalue weighted by Crippen LogP contribution is 2.29. The molecule has 1 aromatic carbocycles. The van der Waals surface area contributed by atoms with E-state index in [1.54, 1.807) is 7.05 Å². The molecule has 0 saturated heterocycles. The number of aromatic nitrogens is 3. The van der Waals surface area contributed by atoms with Gasteiger partial charge < -0.3 is 14.8 Å². The highest BCUT2D eigenvalue weighted by molar-refractivity contribution is 14.0. The number of rotatable bonds is 6. The van der Waals surface area contributed by atoms with Crippen molar-refractivity contribution >= 4 is 29.9 Å². The lowest BCUT2D eigenvalue weighted by Gasteiger charge is -2.22. The van der Waals surface area contributed by atoms with E-state index in [-0.39, 0.29) is 24.0 Å². The van der Waals surface area contributed by atoms with E-state index in [2.05, 4.69) is 25.1 Å². The van der Waals surface area contributed by atoms with E-state index in [1.165, 1.54) is 31.4 Å². The third kappa shape index (κ3) is 7.08. The van der Waals surface area contributed by atoms with Gasteiger partial charge in [-0.3, -0.25) is 4.99 Å². The van der Waals surface area contributed by atoms with Gasteiger partial charge in [0.05, 0.1) is 5.56 Å². The lowest BCUT2D eigenvalue weighted by molar-refractivity contribution is -0.137. The topological polar surface area (TPSA) is 58.3 Å². The Bertz CT molecular complexity index is 848. The minimum atomic E-state index is -4.31. The maximum absolute atomic E-state index is 12.7. The minimum absolute atomic E-state index is 0. The monoisotopic (exact) mass is 550 g/mol. The van der Waals surface area contributed by atoms with Gasteiger partial charge in [-0.25, -0.2) is 0 Å². The number of nitrogens with zero attached hydrogens (tertiary/aromatic N) is 5. The van der Waals surface area contributed by atoms with Crippen LogP contribution in [-0.2, 0) is 32.1 Å². The zero-order valence-corrected chi connectivity index (χ0v) is 20.3. The van der Waals surface area contributed by atoms with Gasteiger partial charge in [0, 0.05) is 46.6 Å². The molecule has 0 bridgehead atoms. The molecule has 6 nitrogen and oxygen atoms in total. The zero-order chi connectivity index (χ0) is 21.6. The summed E-state index contributed by atoms with van der Waals surface area (Å²) in [5.41, 5.74) is 0.155. The van der Waals surface area contributed by atoms with Gasteiger partial charge in [-0.2, -0.15) is 13.2 Å². The minimum Gasteiger partial charge on any atom is -0.356 e. The lowest BCUT2D eigenvalue weighted by atomic mass is 10.1. The van der Waals surface area contributed by atoms with Crippen LogP contribution in [0.3, 0.4) is 0 Å². The Hall–Kier alpha value is -1.85. The first-order valence-corrected chi connectivity index (χ1v) is 10.4. The summed E-state index contributed by atoms with van der Waals surface area (Å²) in [6.07, 6.45) is 2.03. The Morgan fingerprint density at radius 3 is 2.58 bits per heavy atom. The van der Waals surface area contributed by atoms with Crippen LogP contribution in [0.5, 0.6) is 0 Å². The SMILES string of the molecule is CN=C(NCCCc1nnc2n1CCCCC2)N(C)Cc1ccc(C(F)(F)F)cc1.I. The molecular weight excluding hydrogens is 520 g/mol. The molecule has 2 heterocycles. The van der Waals surface area contributed by atoms with E-state index in [0.717, 1.165) is 61.7 Å². The molecule has 0 radical (unpaired) electrons. The smallest absolute Gasteiger partial charge is 0.356 e. The fourth-order valence-corrected chi connectivity index (χ4v) is 3.71. The molecule has 1 aromatic heterocycles. The number of halogens is 4. The quantitative estimate of drug-likeness (QED) is 0.253. The normalized spacial score (nSPS) is 14.4. The second kappa shape index (κ2) is 11.7. The van der Waals surface area contributed by atoms with Gasteiger partial charge in [-0.1, -0.05) is 18.6 Å². The van der Waals surface area contributed by atoms with Crippen molar-refractivity contribution in [2.24, 2.45) is 4.99 Å². The highest BCUT2D eigenvalue weighted by Gasteiger charge is 2.29. The van der Waals surface area contributed by atoms with Crippen LogP contribution in [0.25, 0.3) is 0 Å². The second-order valence-corrected chi connectivity index (χ2v) is 7.62. The summed E-state index contributed by atoms with van der Waals surface area (Å²) < 4.78 is 40.4. The van der Waals surface area contributed by atoms with Gasteiger partial charge in [-0.05, 0) is 37.0 Å². The molecule has 0 saturated carbocycles. The third-order valence-electron chi connectivity index (χ3n) is 5.32. The first-order chi connectivity index (χ1) is 14.4. The summed E-state index contributed by atoms with van der Waals surface area (Å²) >= 11 is 0. The van der Waals surface area contributed by atoms with Crippen LogP contribution in [0, 0.1) is 0 Å². The summed E-state index contributed by atoms with van der Waals surface area (Å²) in [5.74, 6) is 2.85. The maximum Gasteiger partial charge on any atom is 0.416 e. The van der Waals surface area contributed by atoms with Crippen molar-refractivity contribution in [3.63, 3.8) is 0 Å². The molecule has 0 unspecified atom stereocenters. The molecule has 31 heavy (non-hydrogen) atoms. The first kappa shape index (κ1) is 25.4. The molecule has 1 aliphatic heterocycles. The molecule has 172 valence electrons. The van der Waals surface area contributed by atoms with Crippen LogP contribution in [0.2, 0.25) is 0 Å². The number of aryl methyl sites for hydroxylation is 2. The number of alkyl halides is 3. The van der Waals surface area contributed by atoms with Crippen molar-refractivity contribution in [1.29, 1.82) is 0 Å². The molecule has 0 amide bonds. The molecule has 1 N–H and O–H groups in total. The van der Waals surface area contributed by atoms with E-state index in [0.29, 0.717) is 12.5 Å². The average molecular weight is 550 g/mol. The molecule has 0 aliphatic carbocycles. The molecule has 0 atom stereocenters. The standard InChI is InChI=1S/C21H29F3N6.HI/c1-25-20(29(2)15-16-9-11-17(12-10-16)21(22,23)24)26-13-6-8-19-28-27-18-7-4-3-5-14-30(18)19;/h9-12H,3-8,13-15H2,1-2H3,(H,25,26);1H. The predicted molar refractivity (Wildman–Crippen MR) is 126 cm³/mol. The summed E-state index contributed by atoms with van der Waals surface area (Å²) in [7, 11) is 3.56. The maximum atomic E-state index is 12.7. The van der Waals surface area contributed by atoms with Crippen LogP contribution in [0.1, 0.15) is 48.5 Å². The summed E-state index contributed by atoms with van der Waals surface area (Å²) in [5, 5.41) is 12.0. The third-order valence-corrected chi connectivity index (χ3v) is 5.32. The van der Waals surface area contributed by atoms with E-state index in [4.69, 9.17) is 0 Å². The van der Waals surface area contributed by atoms with E-state index in [1.807, 2.05) is 11.9 Å². The number of hydrogen-bond donors (Lipinski definition) is 1. The van der Waals surface area contributed by atoms with E-state index < -0.39 is 11.7 Å². The number of fused-ring (bicyclic) bond motifs is 1. The van der Waals surface area contributed by atoms with Gasteiger partial charge in [0.1, 0.15) is 11.6 Å². The number of guanidine groups is 1. The van der Waals surface area contributed by atoms with Crippen molar-refractivity contribution in [2.75, 3.05) is 20.6 Å². The van der Waals surface area contributed by atoms with Gasteiger partial charge in [-0.15, -0.1) is 34.2 Å². The molecule has 10 heteroatoms. The van der Waals surface area contributed by atoms with Crippen LogP contribution >= 0.6 is 24.0 Å². The Labute approximate surface area is 198 Å². The van der Waals surface area contributed by atoms with Gasteiger partial charge in [0.25, 0.3) is 0 Å². The zero-order valence-electron chi connectivity index (χ0n) is 18.0. The Morgan fingerprint density at radius 1 is 1.16 bits per heavy atom. The number of hydrogen-bond acceptors (Lipinski definition) is 3. The van der Waals surface area contributed by atoms with Crippen molar-refractivity contribution in [1.82, 2.24) is 25.0 Å². The van der Waals surface area contributed by atoms with Crippen LogP contribution in [0.4, 0.5) is 13.2 Å². The molecule has 0 spiro atoms. The Kier molecular flexibility index (Phi) is 9.57. The molecule has 3 rings (SSSR count). The Morgan fingerprint density at radius 2 is 1.90 bits per heavy atom. The highest BCUT2D eigenvalue weighted by atomic mass is 127. The first-order valence-electron chi connectivity index (χ1n) is 10.4. The molecule has 1 aliphatic rings. The molecule has 0 fully saturated rings. The van der Waals surface area contributed by atoms with Crippen LogP contribution in [0.15, 0.2) is 29.3 Å². The van der Waals surface area contributed by atoms with Crippen molar-refractivity contribution < 1.29 is 13.2 Å². The summed E-state index contributed by atoms with van der Waals surface area (Å²) in [6.45, 7) is 2.20. The molecular formula is C21H30F3IN6. The fourth-order valence-electron chi connectivity index (χ4n) is 3.71. The second-order valence-electron chi connectivity index (χ2n) is 7.62. The van der Waals surface area contributed by atoms with Gasteiger partial charge in [0.2, 0.25) is 0 Å².